The second-order valence-electron chi connectivity index (χ2n) is 6.72. The summed E-state index contributed by atoms with van der Waals surface area (Å²) < 4.78 is 17.8. The van der Waals surface area contributed by atoms with E-state index >= 15 is 0 Å². The van der Waals surface area contributed by atoms with Gasteiger partial charge in [0.25, 0.3) is 5.91 Å². The molecule has 3 rings (SSSR count). The molecule has 2 fully saturated rings. The lowest BCUT2D eigenvalue weighted by atomic mass is 10.1. The number of nitrogens with zero attached hydrogens (tertiary/aromatic N) is 1. The van der Waals surface area contributed by atoms with Crippen LogP contribution in [0.3, 0.4) is 0 Å². The SMILES string of the molecule is COc1cc(/C=C2/SC(=S)N(CCOC(C)=O)C2=O)c(Br)cc1OC1CCCC1. The van der Waals surface area contributed by atoms with Gasteiger partial charge in [-0.25, -0.2) is 0 Å². The summed E-state index contributed by atoms with van der Waals surface area (Å²) in [4.78, 5) is 25.6. The third kappa shape index (κ3) is 5.52. The number of esters is 1. The largest absolute Gasteiger partial charge is 0.493 e. The number of hydrogen-bond acceptors (Lipinski definition) is 7. The molecular weight excluding hydrogens is 478 g/mol. The van der Waals surface area contributed by atoms with Crippen LogP contribution in [-0.2, 0) is 14.3 Å². The molecule has 0 radical (unpaired) electrons. The van der Waals surface area contributed by atoms with Crippen LogP contribution in [0, 0.1) is 0 Å². The van der Waals surface area contributed by atoms with Gasteiger partial charge >= 0.3 is 5.97 Å². The van der Waals surface area contributed by atoms with Gasteiger partial charge in [-0.1, -0.05) is 39.9 Å². The van der Waals surface area contributed by atoms with Gasteiger partial charge in [0.05, 0.1) is 24.7 Å². The van der Waals surface area contributed by atoms with Crippen molar-refractivity contribution < 1.29 is 23.8 Å². The summed E-state index contributed by atoms with van der Waals surface area (Å²) in [6, 6.07) is 3.73. The molecule has 1 aliphatic carbocycles. The van der Waals surface area contributed by atoms with E-state index in [0.717, 1.165) is 22.9 Å². The standard InChI is InChI=1S/C20H22BrNO5S2/c1-12(23)26-8-7-22-19(24)18(29-20(22)28)10-13-9-16(25-2)17(11-15(13)21)27-14-5-3-4-6-14/h9-11,14H,3-8H2,1-2H3/b18-10+. The molecule has 1 aliphatic heterocycles. The number of ether oxygens (including phenoxy) is 3. The second-order valence-corrected chi connectivity index (χ2v) is 9.25. The predicted octanol–water partition coefficient (Wildman–Crippen LogP) is 4.54. The maximum Gasteiger partial charge on any atom is 0.302 e. The Morgan fingerprint density at radius 2 is 2.07 bits per heavy atom. The molecule has 156 valence electrons. The zero-order chi connectivity index (χ0) is 21.0. The number of benzene rings is 1. The molecule has 9 heteroatoms. The van der Waals surface area contributed by atoms with E-state index in [1.165, 1.54) is 36.4 Å². The lowest BCUT2D eigenvalue weighted by Crippen LogP contribution is -2.31. The quantitative estimate of drug-likeness (QED) is 0.309. The molecule has 0 bridgehead atoms. The van der Waals surface area contributed by atoms with Gasteiger partial charge in [-0.2, -0.15) is 0 Å². The molecule has 6 nitrogen and oxygen atoms in total. The van der Waals surface area contributed by atoms with E-state index in [2.05, 4.69) is 15.9 Å². The molecule has 1 aromatic carbocycles. The van der Waals surface area contributed by atoms with Crippen molar-refractivity contribution in [3.63, 3.8) is 0 Å². The highest BCUT2D eigenvalue weighted by Gasteiger charge is 2.32. The Hall–Kier alpha value is -1.58. The average molecular weight is 500 g/mol. The number of carbonyl (C=O) groups is 2. The van der Waals surface area contributed by atoms with Gasteiger partial charge in [-0.05, 0) is 49.5 Å². The first-order valence-corrected chi connectivity index (χ1v) is 11.3. The summed E-state index contributed by atoms with van der Waals surface area (Å²) in [5, 5.41) is 0. The lowest BCUT2D eigenvalue weighted by Gasteiger charge is -2.17. The van der Waals surface area contributed by atoms with Crippen LogP contribution in [0.4, 0.5) is 0 Å². The molecule has 1 saturated heterocycles. The first-order valence-electron chi connectivity index (χ1n) is 9.32. The predicted molar refractivity (Wildman–Crippen MR) is 120 cm³/mol. The number of thiocarbonyl (C=S) groups is 1. The molecule has 1 aromatic rings. The van der Waals surface area contributed by atoms with Gasteiger partial charge in [-0.15, -0.1) is 0 Å². The van der Waals surface area contributed by atoms with Crippen LogP contribution in [0.2, 0.25) is 0 Å². The van der Waals surface area contributed by atoms with Crippen LogP contribution in [0.1, 0.15) is 38.2 Å². The van der Waals surface area contributed by atoms with Crippen molar-refractivity contribution in [3.05, 3.63) is 27.1 Å². The van der Waals surface area contributed by atoms with Gasteiger partial charge in [-0.3, -0.25) is 14.5 Å². The highest BCUT2D eigenvalue weighted by molar-refractivity contribution is 9.10. The number of rotatable bonds is 7. The van der Waals surface area contributed by atoms with Crippen LogP contribution >= 0.6 is 39.9 Å². The van der Waals surface area contributed by atoms with Crippen molar-refractivity contribution in [1.82, 2.24) is 4.90 Å². The smallest absolute Gasteiger partial charge is 0.302 e. The molecule has 29 heavy (non-hydrogen) atoms. The Labute approximate surface area is 188 Å². The first kappa shape index (κ1) is 22.1. The fourth-order valence-corrected chi connectivity index (χ4v) is 4.95. The van der Waals surface area contributed by atoms with E-state index in [4.69, 9.17) is 26.4 Å². The number of carbonyl (C=O) groups excluding carboxylic acids is 2. The minimum absolute atomic E-state index is 0.111. The van der Waals surface area contributed by atoms with E-state index in [-0.39, 0.29) is 31.1 Å². The molecule has 0 spiro atoms. The van der Waals surface area contributed by atoms with Crippen LogP contribution in [0.15, 0.2) is 21.5 Å². The average Bonchev–Trinajstić information content (AvgIpc) is 3.27. The first-order chi connectivity index (χ1) is 13.9. The van der Waals surface area contributed by atoms with E-state index in [0.29, 0.717) is 20.7 Å². The highest BCUT2D eigenvalue weighted by atomic mass is 79.9. The van der Waals surface area contributed by atoms with Gasteiger partial charge in [0, 0.05) is 11.4 Å². The van der Waals surface area contributed by atoms with E-state index in [1.807, 2.05) is 12.1 Å². The van der Waals surface area contributed by atoms with Crippen molar-refractivity contribution in [2.75, 3.05) is 20.3 Å². The summed E-state index contributed by atoms with van der Waals surface area (Å²) in [7, 11) is 1.60. The Bertz CT molecular complexity index is 852. The van der Waals surface area contributed by atoms with E-state index in [9.17, 15) is 9.59 Å². The zero-order valence-electron chi connectivity index (χ0n) is 16.2. The lowest BCUT2D eigenvalue weighted by molar-refractivity contribution is -0.142. The summed E-state index contributed by atoms with van der Waals surface area (Å²) in [5.74, 6) is 0.722. The van der Waals surface area contributed by atoms with Crippen LogP contribution in [0.5, 0.6) is 11.5 Å². The third-order valence-electron chi connectivity index (χ3n) is 4.66. The number of thioether (sulfide) groups is 1. The minimum Gasteiger partial charge on any atom is -0.493 e. The Morgan fingerprint density at radius 3 is 2.72 bits per heavy atom. The van der Waals surface area contributed by atoms with Crippen molar-refractivity contribution in [1.29, 1.82) is 0 Å². The normalized spacial score (nSPS) is 18.6. The van der Waals surface area contributed by atoms with Crippen LogP contribution in [0.25, 0.3) is 6.08 Å². The monoisotopic (exact) mass is 499 g/mol. The van der Waals surface area contributed by atoms with Crippen LogP contribution in [-0.4, -0.2) is 47.5 Å². The second kappa shape index (κ2) is 9.95. The fraction of sp³-hybridized carbons (Fsp3) is 0.450. The van der Waals surface area contributed by atoms with Crippen molar-refractivity contribution in [2.24, 2.45) is 0 Å². The molecular formula is C20H22BrNO5S2. The van der Waals surface area contributed by atoms with Gasteiger partial charge < -0.3 is 14.2 Å². The van der Waals surface area contributed by atoms with Gasteiger partial charge in [0.15, 0.2) is 11.5 Å². The number of hydrogen-bond donors (Lipinski definition) is 0. The molecule has 0 N–H and O–H groups in total. The highest BCUT2D eigenvalue weighted by Crippen LogP contribution is 2.39. The van der Waals surface area contributed by atoms with Crippen molar-refractivity contribution in [3.8, 4) is 11.5 Å². The zero-order valence-corrected chi connectivity index (χ0v) is 19.5. The maximum absolute atomic E-state index is 12.7. The minimum atomic E-state index is -0.387. The number of halogens is 1. The molecule has 0 aromatic heterocycles. The van der Waals surface area contributed by atoms with Crippen molar-refractivity contribution >= 4 is 62.2 Å². The molecule has 1 amide bonds. The Morgan fingerprint density at radius 1 is 1.34 bits per heavy atom. The van der Waals surface area contributed by atoms with Gasteiger partial charge in [0.2, 0.25) is 0 Å². The fourth-order valence-electron chi connectivity index (χ4n) is 3.21. The summed E-state index contributed by atoms with van der Waals surface area (Å²) >= 11 is 10.1. The van der Waals surface area contributed by atoms with E-state index < -0.39 is 0 Å². The summed E-state index contributed by atoms with van der Waals surface area (Å²) in [5.41, 5.74) is 0.793. The molecule has 0 unspecified atom stereocenters. The molecule has 2 aliphatic rings. The molecule has 1 heterocycles. The topological polar surface area (TPSA) is 65.1 Å². The third-order valence-corrected chi connectivity index (χ3v) is 6.72. The Kier molecular flexibility index (Phi) is 7.59. The molecule has 0 atom stereocenters. The Balaban J connectivity index is 1.77. The van der Waals surface area contributed by atoms with E-state index in [1.54, 1.807) is 13.2 Å². The summed E-state index contributed by atoms with van der Waals surface area (Å²) in [6.07, 6.45) is 6.47. The maximum atomic E-state index is 12.7. The number of amides is 1. The van der Waals surface area contributed by atoms with Crippen LogP contribution < -0.4 is 9.47 Å². The summed E-state index contributed by atoms with van der Waals surface area (Å²) in [6.45, 7) is 1.68. The molecule has 1 saturated carbocycles. The van der Waals surface area contributed by atoms with Gasteiger partial charge in [0.1, 0.15) is 10.9 Å². The number of methoxy groups -OCH3 is 1. The van der Waals surface area contributed by atoms with Crippen molar-refractivity contribution in [2.45, 2.75) is 38.7 Å².